The van der Waals surface area contributed by atoms with Gasteiger partial charge in [0.2, 0.25) is 0 Å². The number of fused-ring (bicyclic) bond motifs is 1. The Labute approximate surface area is 179 Å². The van der Waals surface area contributed by atoms with E-state index >= 15 is 0 Å². The van der Waals surface area contributed by atoms with Crippen LogP contribution in [0.1, 0.15) is 6.92 Å². The van der Waals surface area contributed by atoms with Gasteiger partial charge in [-0.3, -0.25) is 14.9 Å². The molecule has 0 saturated heterocycles. The molecule has 5 rings (SSSR count). The van der Waals surface area contributed by atoms with Crippen molar-refractivity contribution in [1.82, 2.24) is 15.3 Å². The Bertz CT molecular complexity index is 1340. The lowest BCUT2D eigenvalue weighted by Gasteiger charge is -2.11. The number of hydrogen-bond donors (Lipinski definition) is 3. The van der Waals surface area contributed by atoms with Gasteiger partial charge in [0.15, 0.2) is 5.82 Å². The summed E-state index contributed by atoms with van der Waals surface area (Å²) in [5.74, 6) is 0.116. The van der Waals surface area contributed by atoms with Gasteiger partial charge < -0.3 is 11.1 Å². The number of nitrogen functional groups attached to an aromatic ring is 1. The molecule has 4 aromatic rings. The Morgan fingerprint density at radius 1 is 1.03 bits per heavy atom. The summed E-state index contributed by atoms with van der Waals surface area (Å²) in [6.07, 6.45) is 0. The predicted octanol–water partition coefficient (Wildman–Crippen LogP) is 4.01. The Morgan fingerprint density at radius 3 is 2.50 bits per heavy atom. The van der Waals surface area contributed by atoms with Gasteiger partial charge in [0.05, 0.1) is 5.39 Å². The molecule has 148 valence electrons. The molecule has 30 heavy (non-hydrogen) atoms. The molecule has 0 spiro atoms. The summed E-state index contributed by atoms with van der Waals surface area (Å²) in [5, 5.41) is 10.3. The number of thiophene rings is 2. The Hall–Kier alpha value is -3.56. The largest absolute Gasteiger partial charge is 0.399 e. The molecular formula is C21H15N5O2S2. The number of nitrogens with two attached hydrogens (primary N) is 1. The molecule has 3 aromatic heterocycles. The number of carbonyl (C=O) groups is 2. The Balaban J connectivity index is 1.72. The Kier molecular flexibility index (Phi) is 4.34. The standard InChI is InChI=1S/C21H15N5O2S2/c1-10-16(20(28)26-19(10)27)23-18-15-13(14-3-2-8-29-14)9-30-21(15)25-17(24-18)11-4-6-12(22)7-5-11/h2-9H,22H2,1H3,(H2,23,24,25,26,27,28). The molecule has 4 heterocycles. The molecule has 0 atom stereocenters. The second-order valence-corrected chi connectivity index (χ2v) is 8.54. The van der Waals surface area contributed by atoms with E-state index in [-0.39, 0.29) is 5.70 Å². The van der Waals surface area contributed by atoms with Crippen molar-refractivity contribution in [2.75, 3.05) is 11.1 Å². The number of benzene rings is 1. The van der Waals surface area contributed by atoms with Gasteiger partial charge in [-0.05, 0) is 42.6 Å². The quantitative estimate of drug-likeness (QED) is 0.331. The summed E-state index contributed by atoms with van der Waals surface area (Å²) < 4.78 is 0. The minimum atomic E-state index is -0.466. The van der Waals surface area contributed by atoms with Gasteiger partial charge in [-0.25, -0.2) is 9.97 Å². The maximum atomic E-state index is 12.3. The number of nitrogens with one attached hydrogen (secondary N) is 2. The van der Waals surface area contributed by atoms with Crippen LogP contribution < -0.4 is 16.4 Å². The highest BCUT2D eigenvalue weighted by Gasteiger charge is 2.28. The van der Waals surface area contributed by atoms with E-state index in [1.54, 1.807) is 30.4 Å². The van der Waals surface area contributed by atoms with Gasteiger partial charge in [0.1, 0.15) is 16.3 Å². The van der Waals surface area contributed by atoms with Gasteiger partial charge in [0, 0.05) is 32.6 Å². The van der Waals surface area contributed by atoms with Crippen molar-refractivity contribution in [1.29, 1.82) is 0 Å². The van der Waals surface area contributed by atoms with Crippen molar-refractivity contribution in [3.05, 3.63) is 58.4 Å². The highest BCUT2D eigenvalue weighted by Crippen LogP contribution is 2.40. The molecule has 7 nitrogen and oxygen atoms in total. The number of imide groups is 1. The van der Waals surface area contributed by atoms with Crippen LogP contribution in [-0.4, -0.2) is 21.8 Å². The summed E-state index contributed by atoms with van der Waals surface area (Å²) in [7, 11) is 0. The lowest BCUT2D eigenvalue weighted by atomic mass is 10.1. The van der Waals surface area contributed by atoms with Crippen LogP contribution in [0.15, 0.2) is 58.4 Å². The van der Waals surface area contributed by atoms with Gasteiger partial charge in [-0.2, -0.15) is 0 Å². The number of nitrogens with zero attached hydrogens (tertiary/aromatic N) is 2. The van der Waals surface area contributed by atoms with Crippen LogP contribution in [0, 0.1) is 0 Å². The van der Waals surface area contributed by atoms with Crippen LogP contribution in [-0.2, 0) is 9.59 Å². The van der Waals surface area contributed by atoms with E-state index in [0.717, 1.165) is 26.2 Å². The van der Waals surface area contributed by atoms with Crippen molar-refractivity contribution in [2.45, 2.75) is 6.92 Å². The monoisotopic (exact) mass is 433 g/mol. The second kappa shape index (κ2) is 7.05. The zero-order chi connectivity index (χ0) is 20.8. The van der Waals surface area contributed by atoms with E-state index in [4.69, 9.17) is 15.7 Å². The van der Waals surface area contributed by atoms with Crippen LogP contribution in [0.25, 0.3) is 32.0 Å². The van der Waals surface area contributed by atoms with Crippen molar-refractivity contribution >= 4 is 56.2 Å². The molecule has 0 fully saturated rings. The summed E-state index contributed by atoms with van der Waals surface area (Å²) in [5.41, 5.74) is 8.77. The van der Waals surface area contributed by atoms with E-state index in [1.807, 2.05) is 35.0 Å². The average molecular weight is 434 g/mol. The lowest BCUT2D eigenvalue weighted by Crippen LogP contribution is -2.24. The number of anilines is 2. The first-order chi connectivity index (χ1) is 14.5. The predicted molar refractivity (Wildman–Crippen MR) is 120 cm³/mol. The number of rotatable bonds is 4. The van der Waals surface area contributed by atoms with Crippen molar-refractivity contribution < 1.29 is 9.59 Å². The smallest absolute Gasteiger partial charge is 0.275 e. The third-order valence-electron chi connectivity index (χ3n) is 4.80. The highest BCUT2D eigenvalue weighted by molar-refractivity contribution is 7.18. The fourth-order valence-electron chi connectivity index (χ4n) is 3.22. The number of amides is 2. The first-order valence-electron chi connectivity index (χ1n) is 9.04. The SMILES string of the molecule is CC1=C(Nc2nc(-c3ccc(N)cc3)nc3scc(-c4cccs4)c23)C(=O)NC1=O. The normalized spacial score (nSPS) is 13.9. The third kappa shape index (κ3) is 3.04. The first kappa shape index (κ1) is 18.5. The van der Waals surface area contributed by atoms with Crippen LogP contribution in [0.4, 0.5) is 11.5 Å². The fourth-order valence-corrected chi connectivity index (χ4v) is 4.98. The van der Waals surface area contributed by atoms with Crippen molar-refractivity contribution in [2.24, 2.45) is 0 Å². The molecule has 0 radical (unpaired) electrons. The molecule has 2 amide bonds. The van der Waals surface area contributed by atoms with E-state index in [9.17, 15) is 9.59 Å². The van der Waals surface area contributed by atoms with Gasteiger partial charge in [-0.15, -0.1) is 22.7 Å². The number of aromatic nitrogens is 2. The van der Waals surface area contributed by atoms with E-state index in [1.165, 1.54) is 11.3 Å². The minimum Gasteiger partial charge on any atom is -0.399 e. The van der Waals surface area contributed by atoms with Crippen molar-refractivity contribution in [3.63, 3.8) is 0 Å². The lowest BCUT2D eigenvalue weighted by molar-refractivity contribution is -0.124. The molecule has 9 heteroatoms. The van der Waals surface area contributed by atoms with Gasteiger partial charge in [-0.1, -0.05) is 6.07 Å². The molecule has 0 unspecified atom stereocenters. The topological polar surface area (TPSA) is 110 Å². The van der Waals surface area contributed by atoms with Gasteiger partial charge >= 0.3 is 0 Å². The zero-order valence-electron chi connectivity index (χ0n) is 15.7. The number of carbonyl (C=O) groups excluding carboxylic acids is 2. The summed E-state index contributed by atoms with van der Waals surface area (Å²) in [4.78, 5) is 35.5. The molecule has 1 aliphatic rings. The molecule has 1 aliphatic heterocycles. The highest BCUT2D eigenvalue weighted by atomic mass is 32.1. The summed E-state index contributed by atoms with van der Waals surface area (Å²) in [6, 6.07) is 11.3. The van der Waals surface area contributed by atoms with E-state index in [0.29, 0.717) is 22.9 Å². The maximum Gasteiger partial charge on any atom is 0.275 e. The van der Waals surface area contributed by atoms with Crippen LogP contribution >= 0.6 is 22.7 Å². The second-order valence-electron chi connectivity index (χ2n) is 6.73. The first-order valence-corrected chi connectivity index (χ1v) is 10.8. The molecular weight excluding hydrogens is 418 g/mol. The molecule has 1 aromatic carbocycles. The molecule has 4 N–H and O–H groups in total. The van der Waals surface area contributed by atoms with Crippen LogP contribution in [0.2, 0.25) is 0 Å². The minimum absolute atomic E-state index is 0.201. The van der Waals surface area contributed by atoms with Crippen LogP contribution in [0.3, 0.4) is 0 Å². The maximum absolute atomic E-state index is 12.3. The Morgan fingerprint density at radius 2 is 1.83 bits per heavy atom. The number of hydrogen-bond acceptors (Lipinski definition) is 8. The zero-order valence-corrected chi connectivity index (χ0v) is 17.4. The molecule has 0 aliphatic carbocycles. The summed E-state index contributed by atoms with van der Waals surface area (Å²) >= 11 is 3.12. The summed E-state index contributed by atoms with van der Waals surface area (Å²) in [6.45, 7) is 1.61. The van der Waals surface area contributed by atoms with Crippen LogP contribution in [0.5, 0.6) is 0 Å². The third-order valence-corrected chi connectivity index (χ3v) is 6.58. The average Bonchev–Trinajstić information content (AvgIpc) is 3.45. The van der Waals surface area contributed by atoms with Crippen molar-refractivity contribution in [3.8, 4) is 21.8 Å². The molecule has 0 saturated carbocycles. The fraction of sp³-hybridized carbons (Fsp3) is 0.0476. The van der Waals surface area contributed by atoms with E-state index < -0.39 is 11.8 Å². The van der Waals surface area contributed by atoms with Gasteiger partial charge in [0.25, 0.3) is 11.8 Å². The van der Waals surface area contributed by atoms with E-state index in [2.05, 4.69) is 10.6 Å². The molecule has 0 bridgehead atoms.